The van der Waals surface area contributed by atoms with Crippen molar-refractivity contribution in [3.8, 4) is 0 Å². The van der Waals surface area contributed by atoms with E-state index < -0.39 is 5.82 Å². The minimum absolute atomic E-state index is 0.0117. The fraction of sp³-hybridized carbons (Fsp3) is 0.0667. The number of carbonyl (C=O) groups is 1. The van der Waals surface area contributed by atoms with Crippen molar-refractivity contribution >= 4 is 40.4 Å². The van der Waals surface area contributed by atoms with Crippen molar-refractivity contribution in [3.63, 3.8) is 0 Å². The molecular weight excluding hydrogens is 311 g/mol. The van der Waals surface area contributed by atoms with Gasteiger partial charge in [-0.2, -0.15) is 0 Å². The number of halogens is 2. The van der Waals surface area contributed by atoms with E-state index in [1.807, 2.05) is 0 Å². The number of hydrogen-bond acceptors (Lipinski definition) is 2. The summed E-state index contributed by atoms with van der Waals surface area (Å²) in [4.78, 5) is 12.3. The first-order valence-corrected chi connectivity index (χ1v) is 6.84. The highest BCUT2D eigenvalue weighted by Crippen LogP contribution is 2.20. The molecule has 2 aromatic carbocycles. The molecular formula is C15H12ClFN2OS. The number of rotatable bonds is 3. The lowest BCUT2D eigenvalue weighted by Gasteiger charge is -2.11. The first-order chi connectivity index (χ1) is 9.88. The average molecular weight is 323 g/mol. The molecule has 6 heteroatoms. The second-order valence-corrected chi connectivity index (χ2v) is 5.34. The van der Waals surface area contributed by atoms with E-state index in [9.17, 15) is 9.18 Å². The molecule has 0 saturated carbocycles. The number of amides is 1. The Labute approximate surface area is 131 Å². The van der Waals surface area contributed by atoms with Crippen LogP contribution in [0.3, 0.4) is 0 Å². The van der Waals surface area contributed by atoms with Crippen LogP contribution in [0.2, 0.25) is 5.02 Å². The van der Waals surface area contributed by atoms with Crippen LogP contribution in [0.4, 0.5) is 10.1 Å². The number of hydrogen-bond donors (Lipinski definition) is 2. The summed E-state index contributed by atoms with van der Waals surface area (Å²) < 4.78 is 13.2. The van der Waals surface area contributed by atoms with E-state index in [0.717, 1.165) is 5.56 Å². The second kappa shape index (κ2) is 6.20. The molecule has 0 aliphatic carbocycles. The van der Waals surface area contributed by atoms with Gasteiger partial charge in [-0.15, -0.1) is 0 Å². The van der Waals surface area contributed by atoms with E-state index in [2.05, 4.69) is 5.32 Å². The van der Waals surface area contributed by atoms with Crippen molar-refractivity contribution in [2.75, 3.05) is 5.32 Å². The zero-order chi connectivity index (χ0) is 15.6. The number of anilines is 1. The third-order valence-corrected chi connectivity index (χ3v) is 3.38. The Kier molecular flexibility index (Phi) is 4.55. The van der Waals surface area contributed by atoms with Gasteiger partial charge in [-0.3, -0.25) is 4.79 Å². The average Bonchev–Trinajstić information content (AvgIpc) is 2.40. The van der Waals surface area contributed by atoms with E-state index in [1.54, 1.807) is 25.1 Å². The van der Waals surface area contributed by atoms with Crippen molar-refractivity contribution < 1.29 is 9.18 Å². The van der Waals surface area contributed by atoms with Gasteiger partial charge in [0.05, 0.1) is 5.69 Å². The van der Waals surface area contributed by atoms with E-state index >= 15 is 0 Å². The van der Waals surface area contributed by atoms with Crippen molar-refractivity contribution in [2.24, 2.45) is 5.73 Å². The van der Waals surface area contributed by atoms with Gasteiger partial charge >= 0.3 is 0 Å². The molecule has 2 aromatic rings. The highest BCUT2D eigenvalue weighted by molar-refractivity contribution is 7.80. The van der Waals surface area contributed by atoms with Crippen LogP contribution >= 0.6 is 23.8 Å². The molecule has 0 bridgehead atoms. The molecule has 0 atom stereocenters. The Morgan fingerprint density at radius 3 is 2.57 bits per heavy atom. The lowest BCUT2D eigenvalue weighted by molar-refractivity contribution is 0.102. The molecule has 3 N–H and O–H groups in total. The minimum atomic E-state index is -0.474. The van der Waals surface area contributed by atoms with Gasteiger partial charge in [0, 0.05) is 16.1 Å². The topological polar surface area (TPSA) is 55.1 Å². The van der Waals surface area contributed by atoms with E-state index in [4.69, 9.17) is 29.6 Å². The maximum Gasteiger partial charge on any atom is 0.255 e. The standard InChI is InChI=1S/C15H12ClFN2OS/c1-8-6-9(16)2-4-11(8)15(20)19-13-5-3-10(17)7-12(13)14(18)21/h2-7H,1H3,(H2,18,21)(H,19,20). The maximum absolute atomic E-state index is 13.2. The van der Waals surface area contributed by atoms with Gasteiger partial charge in [0.15, 0.2) is 0 Å². The fourth-order valence-corrected chi connectivity index (χ4v) is 2.30. The first kappa shape index (κ1) is 15.4. The van der Waals surface area contributed by atoms with Crippen LogP contribution < -0.4 is 11.1 Å². The van der Waals surface area contributed by atoms with Crippen LogP contribution in [0.15, 0.2) is 36.4 Å². The molecule has 21 heavy (non-hydrogen) atoms. The lowest BCUT2D eigenvalue weighted by Crippen LogP contribution is -2.18. The predicted octanol–water partition coefficient (Wildman–Crippen LogP) is 3.67. The minimum Gasteiger partial charge on any atom is -0.389 e. The number of aryl methyl sites for hydroxylation is 1. The molecule has 0 aromatic heterocycles. The second-order valence-electron chi connectivity index (χ2n) is 4.47. The summed E-state index contributed by atoms with van der Waals surface area (Å²) in [6.45, 7) is 1.78. The molecule has 0 aliphatic rings. The summed E-state index contributed by atoms with van der Waals surface area (Å²) >= 11 is 10.7. The highest BCUT2D eigenvalue weighted by Gasteiger charge is 2.13. The first-order valence-electron chi connectivity index (χ1n) is 6.05. The predicted molar refractivity (Wildman–Crippen MR) is 86.4 cm³/mol. The molecule has 2 rings (SSSR count). The third-order valence-electron chi connectivity index (χ3n) is 2.93. The molecule has 108 valence electrons. The normalized spacial score (nSPS) is 10.2. The monoisotopic (exact) mass is 322 g/mol. The Morgan fingerprint density at radius 2 is 1.95 bits per heavy atom. The zero-order valence-electron chi connectivity index (χ0n) is 11.1. The number of carbonyl (C=O) groups excluding carboxylic acids is 1. The van der Waals surface area contributed by atoms with Crippen molar-refractivity contribution in [2.45, 2.75) is 6.92 Å². The maximum atomic E-state index is 13.2. The molecule has 0 saturated heterocycles. The molecule has 0 radical (unpaired) electrons. The number of thiocarbonyl (C=S) groups is 1. The molecule has 0 heterocycles. The smallest absolute Gasteiger partial charge is 0.255 e. The summed E-state index contributed by atoms with van der Waals surface area (Å²) in [7, 11) is 0. The van der Waals surface area contributed by atoms with Crippen LogP contribution in [0.25, 0.3) is 0 Å². The van der Waals surface area contributed by atoms with Crippen LogP contribution in [-0.2, 0) is 0 Å². The van der Waals surface area contributed by atoms with Gasteiger partial charge in [0.2, 0.25) is 0 Å². The van der Waals surface area contributed by atoms with E-state index in [1.165, 1.54) is 18.2 Å². The molecule has 0 spiro atoms. The van der Waals surface area contributed by atoms with Crippen molar-refractivity contribution in [1.82, 2.24) is 0 Å². The zero-order valence-corrected chi connectivity index (χ0v) is 12.7. The summed E-state index contributed by atoms with van der Waals surface area (Å²) in [5.41, 5.74) is 7.40. The largest absolute Gasteiger partial charge is 0.389 e. The number of nitrogens with two attached hydrogens (primary N) is 1. The van der Waals surface area contributed by atoms with Gasteiger partial charge in [0.1, 0.15) is 10.8 Å². The van der Waals surface area contributed by atoms with E-state index in [0.29, 0.717) is 16.3 Å². The Balaban J connectivity index is 2.34. The van der Waals surface area contributed by atoms with Crippen LogP contribution in [0.5, 0.6) is 0 Å². The van der Waals surface area contributed by atoms with Crippen molar-refractivity contribution in [3.05, 3.63) is 63.9 Å². The van der Waals surface area contributed by atoms with Crippen molar-refractivity contribution in [1.29, 1.82) is 0 Å². The van der Waals surface area contributed by atoms with Gasteiger partial charge in [-0.25, -0.2) is 4.39 Å². The highest BCUT2D eigenvalue weighted by atomic mass is 35.5. The van der Waals surface area contributed by atoms with Gasteiger partial charge in [-0.1, -0.05) is 23.8 Å². The number of nitrogens with one attached hydrogen (secondary N) is 1. The molecule has 3 nitrogen and oxygen atoms in total. The fourth-order valence-electron chi connectivity index (χ4n) is 1.90. The van der Waals surface area contributed by atoms with Crippen LogP contribution in [0.1, 0.15) is 21.5 Å². The molecule has 0 fully saturated rings. The van der Waals surface area contributed by atoms with Crippen LogP contribution in [-0.4, -0.2) is 10.9 Å². The third kappa shape index (κ3) is 3.56. The van der Waals surface area contributed by atoms with Gasteiger partial charge < -0.3 is 11.1 Å². The summed E-state index contributed by atoms with van der Waals surface area (Å²) in [6.07, 6.45) is 0. The Bertz CT molecular complexity index is 734. The number of benzene rings is 2. The Hall–Kier alpha value is -1.98. The summed E-state index contributed by atoms with van der Waals surface area (Å²) in [6, 6.07) is 8.78. The van der Waals surface area contributed by atoms with E-state index in [-0.39, 0.29) is 16.5 Å². The summed E-state index contributed by atoms with van der Waals surface area (Å²) in [5.74, 6) is -0.813. The van der Waals surface area contributed by atoms with Gasteiger partial charge in [0.25, 0.3) is 5.91 Å². The van der Waals surface area contributed by atoms with Gasteiger partial charge in [-0.05, 0) is 48.9 Å². The SMILES string of the molecule is Cc1cc(Cl)ccc1C(=O)Nc1ccc(F)cc1C(N)=S. The summed E-state index contributed by atoms with van der Waals surface area (Å²) in [5, 5.41) is 3.23. The lowest BCUT2D eigenvalue weighted by atomic mass is 10.1. The van der Waals surface area contributed by atoms with Crippen LogP contribution in [0, 0.1) is 12.7 Å². The molecule has 0 aliphatic heterocycles. The molecule has 1 amide bonds. The quantitative estimate of drug-likeness (QED) is 0.848. The molecule has 0 unspecified atom stereocenters. The Morgan fingerprint density at radius 1 is 1.24 bits per heavy atom.